The summed E-state index contributed by atoms with van der Waals surface area (Å²) in [5.41, 5.74) is 5.44. The SMILES string of the molecule is CNCc1ccc(C)c(-c2sccc2C)c1. The molecule has 0 aliphatic carbocycles. The first kappa shape index (κ1) is 11.4. The van der Waals surface area contributed by atoms with Gasteiger partial charge in [0.15, 0.2) is 0 Å². The Morgan fingerprint density at radius 1 is 1.12 bits per heavy atom. The summed E-state index contributed by atoms with van der Waals surface area (Å²) in [4.78, 5) is 1.40. The molecule has 1 heterocycles. The smallest absolute Gasteiger partial charge is 0.0374 e. The summed E-state index contributed by atoms with van der Waals surface area (Å²) >= 11 is 1.82. The summed E-state index contributed by atoms with van der Waals surface area (Å²) in [6.07, 6.45) is 0. The van der Waals surface area contributed by atoms with Crippen molar-refractivity contribution in [2.75, 3.05) is 7.05 Å². The third-order valence-electron chi connectivity index (χ3n) is 2.79. The molecule has 0 saturated heterocycles. The van der Waals surface area contributed by atoms with Crippen molar-refractivity contribution in [3.05, 3.63) is 46.3 Å². The quantitative estimate of drug-likeness (QED) is 0.848. The summed E-state index contributed by atoms with van der Waals surface area (Å²) in [7, 11) is 1.98. The number of benzene rings is 1. The van der Waals surface area contributed by atoms with Crippen molar-refractivity contribution < 1.29 is 0 Å². The van der Waals surface area contributed by atoms with Crippen LogP contribution in [0.4, 0.5) is 0 Å². The molecule has 0 amide bonds. The molecule has 0 spiro atoms. The van der Waals surface area contributed by atoms with Gasteiger partial charge in [0.25, 0.3) is 0 Å². The lowest BCUT2D eigenvalue weighted by Gasteiger charge is -2.08. The molecule has 0 radical (unpaired) electrons. The molecule has 84 valence electrons. The van der Waals surface area contributed by atoms with Gasteiger partial charge >= 0.3 is 0 Å². The fraction of sp³-hybridized carbons (Fsp3) is 0.286. The van der Waals surface area contributed by atoms with Crippen LogP contribution in [0, 0.1) is 13.8 Å². The van der Waals surface area contributed by atoms with Gasteiger partial charge < -0.3 is 5.32 Å². The van der Waals surface area contributed by atoms with Gasteiger partial charge in [0.05, 0.1) is 0 Å². The molecule has 2 heteroatoms. The van der Waals surface area contributed by atoms with E-state index in [4.69, 9.17) is 0 Å². The summed E-state index contributed by atoms with van der Waals surface area (Å²) in [5, 5.41) is 5.36. The minimum Gasteiger partial charge on any atom is -0.316 e. The van der Waals surface area contributed by atoms with E-state index < -0.39 is 0 Å². The highest BCUT2D eigenvalue weighted by atomic mass is 32.1. The first-order chi connectivity index (χ1) is 7.72. The van der Waals surface area contributed by atoms with Gasteiger partial charge in [-0.15, -0.1) is 11.3 Å². The molecule has 0 aliphatic rings. The normalized spacial score (nSPS) is 10.7. The molecule has 16 heavy (non-hydrogen) atoms. The standard InChI is InChI=1S/C14H17NS/c1-10-4-5-12(9-15-3)8-13(10)14-11(2)6-7-16-14/h4-8,15H,9H2,1-3H3. The molecule has 1 aromatic carbocycles. The Balaban J connectivity index is 2.47. The number of hydrogen-bond acceptors (Lipinski definition) is 2. The van der Waals surface area contributed by atoms with E-state index in [1.54, 1.807) is 0 Å². The van der Waals surface area contributed by atoms with E-state index in [1.807, 2.05) is 18.4 Å². The van der Waals surface area contributed by atoms with Crippen LogP contribution in [-0.2, 0) is 6.54 Å². The molecule has 0 saturated carbocycles. The predicted molar refractivity (Wildman–Crippen MR) is 72.0 cm³/mol. The molecule has 0 fully saturated rings. The first-order valence-corrected chi connectivity index (χ1v) is 6.39. The van der Waals surface area contributed by atoms with Gasteiger partial charge in [-0.2, -0.15) is 0 Å². The van der Waals surface area contributed by atoms with E-state index in [0.29, 0.717) is 0 Å². The zero-order valence-electron chi connectivity index (χ0n) is 10.0. The zero-order valence-corrected chi connectivity index (χ0v) is 10.8. The average molecular weight is 231 g/mol. The zero-order chi connectivity index (χ0) is 11.5. The monoisotopic (exact) mass is 231 g/mol. The van der Waals surface area contributed by atoms with Gasteiger partial charge in [-0.3, -0.25) is 0 Å². The van der Waals surface area contributed by atoms with Crippen LogP contribution < -0.4 is 5.32 Å². The van der Waals surface area contributed by atoms with Crippen LogP contribution in [0.15, 0.2) is 29.6 Å². The Kier molecular flexibility index (Phi) is 3.42. The lowest BCUT2D eigenvalue weighted by Crippen LogP contribution is -2.05. The number of thiophene rings is 1. The first-order valence-electron chi connectivity index (χ1n) is 5.51. The highest BCUT2D eigenvalue weighted by Crippen LogP contribution is 2.32. The van der Waals surface area contributed by atoms with Gasteiger partial charge in [0.1, 0.15) is 0 Å². The van der Waals surface area contributed by atoms with Crippen LogP contribution >= 0.6 is 11.3 Å². The third kappa shape index (κ3) is 2.18. The fourth-order valence-electron chi connectivity index (χ4n) is 1.88. The van der Waals surface area contributed by atoms with Crippen LogP contribution in [0.25, 0.3) is 10.4 Å². The maximum absolute atomic E-state index is 3.19. The Hall–Kier alpha value is -1.12. The Bertz CT molecular complexity index is 485. The minimum absolute atomic E-state index is 0.928. The molecule has 2 rings (SSSR count). The molecule has 0 atom stereocenters. The molecule has 0 unspecified atom stereocenters. The van der Waals surface area contributed by atoms with Gasteiger partial charge in [-0.25, -0.2) is 0 Å². The van der Waals surface area contributed by atoms with Crippen molar-refractivity contribution in [2.45, 2.75) is 20.4 Å². The van der Waals surface area contributed by atoms with E-state index in [9.17, 15) is 0 Å². The van der Waals surface area contributed by atoms with Crippen LogP contribution in [0.3, 0.4) is 0 Å². The Labute approximate surface area is 101 Å². The molecule has 1 N–H and O–H groups in total. The highest BCUT2D eigenvalue weighted by Gasteiger charge is 2.07. The maximum atomic E-state index is 3.19. The second kappa shape index (κ2) is 4.81. The summed E-state index contributed by atoms with van der Waals surface area (Å²) in [6, 6.07) is 8.88. The second-order valence-corrected chi connectivity index (χ2v) is 5.03. The number of hydrogen-bond donors (Lipinski definition) is 1. The van der Waals surface area contributed by atoms with Crippen LogP contribution in [-0.4, -0.2) is 7.05 Å². The van der Waals surface area contributed by atoms with Crippen molar-refractivity contribution in [1.29, 1.82) is 0 Å². The average Bonchev–Trinajstić information content (AvgIpc) is 2.68. The van der Waals surface area contributed by atoms with Crippen LogP contribution in [0.1, 0.15) is 16.7 Å². The predicted octanol–water partition coefficient (Wildman–Crippen LogP) is 3.75. The van der Waals surface area contributed by atoms with Gasteiger partial charge in [0, 0.05) is 11.4 Å². The summed E-state index contributed by atoms with van der Waals surface area (Å²) < 4.78 is 0. The van der Waals surface area contributed by atoms with Gasteiger partial charge in [-0.1, -0.05) is 12.1 Å². The number of aryl methyl sites for hydroxylation is 2. The minimum atomic E-state index is 0.928. The molecular formula is C14H17NS. The van der Waals surface area contributed by atoms with Crippen molar-refractivity contribution in [3.63, 3.8) is 0 Å². The van der Waals surface area contributed by atoms with Crippen molar-refractivity contribution in [1.82, 2.24) is 5.32 Å². The van der Waals surface area contributed by atoms with Crippen molar-refractivity contribution in [2.24, 2.45) is 0 Å². The summed E-state index contributed by atoms with van der Waals surface area (Å²) in [6.45, 7) is 5.28. The highest BCUT2D eigenvalue weighted by molar-refractivity contribution is 7.13. The van der Waals surface area contributed by atoms with Crippen molar-refractivity contribution >= 4 is 11.3 Å². The van der Waals surface area contributed by atoms with Gasteiger partial charge in [-0.05, 0) is 60.7 Å². The van der Waals surface area contributed by atoms with E-state index in [2.05, 4.69) is 48.8 Å². The van der Waals surface area contributed by atoms with E-state index in [0.717, 1.165) is 6.54 Å². The number of nitrogens with one attached hydrogen (secondary N) is 1. The third-order valence-corrected chi connectivity index (χ3v) is 3.84. The topological polar surface area (TPSA) is 12.0 Å². The van der Waals surface area contributed by atoms with Gasteiger partial charge in [0.2, 0.25) is 0 Å². The molecule has 0 aliphatic heterocycles. The Morgan fingerprint density at radius 2 is 1.94 bits per heavy atom. The largest absolute Gasteiger partial charge is 0.316 e. The molecule has 2 aromatic rings. The van der Waals surface area contributed by atoms with Crippen LogP contribution in [0.2, 0.25) is 0 Å². The van der Waals surface area contributed by atoms with E-state index in [-0.39, 0.29) is 0 Å². The van der Waals surface area contributed by atoms with E-state index in [1.165, 1.54) is 27.1 Å². The lowest BCUT2D eigenvalue weighted by atomic mass is 10.0. The maximum Gasteiger partial charge on any atom is 0.0374 e. The van der Waals surface area contributed by atoms with E-state index >= 15 is 0 Å². The second-order valence-electron chi connectivity index (χ2n) is 4.11. The molecule has 0 bridgehead atoms. The number of rotatable bonds is 3. The lowest BCUT2D eigenvalue weighted by molar-refractivity contribution is 0.818. The molecule has 1 nitrogen and oxygen atoms in total. The summed E-state index contributed by atoms with van der Waals surface area (Å²) in [5.74, 6) is 0. The van der Waals surface area contributed by atoms with Crippen molar-refractivity contribution in [3.8, 4) is 10.4 Å². The fourth-order valence-corrected chi connectivity index (χ4v) is 2.89. The molecular weight excluding hydrogens is 214 g/mol. The molecule has 1 aromatic heterocycles. The Morgan fingerprint density at radius 3 is 2.56 bits per heavy atom. The van der Waals surface area contributed by atoms with Crippen LogP contribution in [0.5, 0.6) is 0 Å².